The van der Waals surface area contributed by atoms with E-state index in [2.05, 4.69) is 48.1 Å². The van der Waals surface area contributed by atoms with E-state index in [-0.39, 0.29) is 12.4 Å². The molecule has 2 aromatic rings. The molecule has 1 aromatic carbocycles. The number of ether oxygens (including phenoxy) is 2. The summed E-state index contributed by atoms with van der Waals surface area (Å²) >= 11 is 0. The molecule has 0 amide bonds. The molecule has 0 N–H and O–H groups in total. The molecule has 1 saturated heterocycles. The second-order valence-corrected chi connectivity index (χ2v) is 9.59. The van der Waals surface area contributed by atoms with Gasteiger partial charge in [0.1, 0.15) is 5.82 Å². The molecule has 3 rings (SSSR count). The van der Waals surface area contributed by atoms with Gasteiger partial charge in [-0.3, -0.25) is 0 Å². The minimum absolute atomic E-state index is 0.0319. The summed E-state index contributed by atoms with van der Waals surface area (Å²) < 4.78 is 11.7. The van der Waals surface area contributed by atoms with Crippen molar-refractivity contribution in [2.45, 2.75) is 116 Å². The van der Waals surface area contributed by atoms with Crippen molar-refractivity contribution in [2.24, 2.45) is 0 Å². The zero-order valence-electron chi connectivity index (χ0n) is 20.9. The lowest BCUT2D eigenvalue weighted by Crippen LogP contribution is -2.26. The normalized spacial score (nSPS) is 17.2. The molecule has 2 heterocycles. The number of benzene rings is 1. The number of hydrogen-bond acceptors (Lipinski definition) is 4. The molecule has 1 fully saturated rings. The summed E-state index contributed by atoms with van der Waals surface area (Å²) in [5.41, 5.74) is 3.70. The van der Waals surface area contributed by atoms with E-state index >= 15 is 0 Å². The van der Waals surface area contributed by atoms with E-state index in [1.807, 2.05) is 12.4 Å². The lowest BCUT2D eigenvalue weighted by Gasteiger charge is -2.25. The molecule has 2 atom stereocenters. The average Bonchev–Trinajstić information content (AvgIpc) is 2.86. The summed E-state index contributed by atoms with van der Waals surface area (Å²) in [4.78, 5) is 9.19. The molecule has 1 aliphatic rings. The molecular weight excluding hydrogens is 408 g/mol. The van der Waals surface area contributed by atoms with Gasteiger partial charge >= 0.3 is 0 Å². The lowest BCUT2D eigenvalue weighted by molar-refractivity contribution is -0.185. The molecule has 0 saturated carbocycles. The highest BCUT2D eigenvalue weighted by atomic mass is 16.7. The lowest BCUT2D eigenvalue weighted by atomic mass is 10.0. The maximum Gasteiger partial charge on any atom is 0.157 e. The molecule has 33 heavy (non-hydrogen) atoms. The van der Waals surface area contributed by atoms with Crippen molar-refractivity contribution in [3.8, 4) is 11.1 Å². The first kappa shape index (κ1) is 25.8. The van der Waals surface area contributed by atoms with Crippen LogP contribution < -0.4 is 0 Å². The standard InChI is InChI=1S/C29H44N2O2/c1-3-4-5-6-7-8-9-10-13-25-16-18-26(19-17-25)27-22-30-28(31-23-27)20-15-24(2)33-29-14-11-12-21-32-29/h16-19,22-24,29H,3-15,20-21H2,1-2H3. The van der Waals surface area contributed by atoms with Gasteiger partial charge in [0.15, 0.2) is 6.29 Å². The number of nitrogens with zero attached hydrogens (tertiary/aromatic N) is 2. The van der Waals surface area contributed by atoms with E-state index in [0.29, 0.717) is 0 Å². The Hall–Kier alpha value is -1.78. The van der Waals surface area contributed by atoms with Gasteiger partial charge in [-0.2, -0.15) is 0 Å². The topological polar surface area (TPSA) is 44.2 Å². The van der Waals surface area contributed by atoms with Gasteiger partial charge in [-0.15, -0.1) is 0 Å². The van der Waals surface area contributed by atoms with E-state index < -0.39 is 0 Å². The minimum Gasteiger partial charge on any atom is -0.353 e. The number of aryl methyl sites for hydroxylation is 2. The fraction of sp³-hybridized carbons (Fsp3) is 0.655. The molecule has 182 valence electrons. The van der Waals surface area contributed by atoms with Crippen molar-refractivity contribution in [2.75, 3.05) is 6.61 Å². The van der Waals surface area contributed by atoms with E-state index in [1.54, 1.807) is 0 Å². The van der Waals surface area contributed by atoms with Crippen molar-refractivity contribution < 1.29 is 9.47 Å². The Bertz CT molecular complexity index is 754. The van der Waals surface area contributed by atoms with Gasteiger partial charge in [-0.1, -0.05) is 76.1 Å². The molecule has 4 heteroatoms. The predicted octanol–water partition coefficient (Wildman–Crippen LogP) is 7.69. The Balaban J connectivity index is 1.35. The average molecular weight is 453 g/mol. The van der Waals surface area contributed by atoms with Crippen molar-refractivity contribution in [3.05, 3.63) is 48.0 Å². The van der Waals surface area contributed by atoms with Crippen LogP contribution in [-0.2, 0) is 22.3 Å². The quantitative estimate of drug-likeness (QED) is 0.260. The molecular formula is C29H44N2O2. The molecule has 1 aliphatic heterocycles. The van der Waals surface area contributed by atoms with Crippen LogP contribution in [0.3, 0.4) is 0 Å². The van der Waals surface area contributed by atoms with Gasteiger partial charge < -0.3 is 9.47 Å². The Labute approximate surface area is 201 Å². The summed E-state index contributed by atoms with van der Waals surface area (Å²) in [7, 11) is 0. The zero-order chi connectivity index (χ0) is 23.1. The van der Waals surface area contributed by atoms with Crippen LogP contribution in [0, 0.1) is 0 Å². The van der Waals surface area contributed by atoms with Crippen LogP contribution in [0.2, 0.25) is 0 Å². The molecule has 1 aromatic heterocycles. The third kappa shape index (κ3) is 9.93. The van der Waals surface area contributed by atoms with Crippen LogP contribution in [0.15, 0.2) is 36.7 Å². The monoisotopic (exact) mass is 452 g/mol. The number of aromatic nitrogens is 2. The van der Waals surface area contributed by atoms with Crippen molar-refractivity contribution in [1.29, 1.82) is 0 Å². The molecule has 2 unspecified atom stereocenters. The molecule has 4 nitrogen and oxygen atoms in total. The third-order valence-electron chi connectivity index (χ3n) is 6.61. The van der Waals surface area contributed by atoms with E-state index in [4.69, 9.17) is 9.47 Å². The van der Waals surface area contributed by atoms with E-state index in [9.17, 15) is 0 Å². The highest BCUT2D eigenvalue weighted by Gasteiger charge is 2.17. The summed E-state index contributed by atoms with van der Waals surface area (Å²) in [6.45, 7) is 5.21. The summed E-state index contributed by atoms with van der Waals surface area (Å²) in [5, 5.41) is 0. The number of hydrogen-bond donors (Lipinski definition) is 0. The zero-order valence-corrected chi connectivity index (χ0v) is 20.9. The smallest absolute Gasteiger partial charge is 0.157 e. The van der Waals surface area contributed by atoms with Gasteiger partial charge in [0.2, 0.25) is 0 Å². The summed E-state index contributed by atoms with van der Waals surface area (Å²) in [6.07, 6.45) is 21.2. The van der Waals surface area contributed by atoms with E-state index in [0.717, 1.165) is 43.7 Å². The van der Waals surface area contributed by atoms with Crippen molar-refractivity contribution in [3.63, 3.8) is 0 Å². The van der Waals surface area contributed by atoms with Crippen LogP contribution in [-0.4, -0.2) is 29.0 Å². The largest absolute Gasteiger partial charge is 0.353 e. The van der Waals surface area contributed by atoms with Crippen LogP contribution in [0.1, 0.15) is 102 Å². The Morgan fingerprint density at radius 3 is 2.24 bits per heavy atom. The fourth-order valence-corrected chi connectivity index (χ4v) is 4.44. The van der Waals surface area contributed by atoms with Crippen LogP contribution in [0.5, 0.6) is 0 Å². The minimum atomic E-state index is -0.0319. The molecule has 0 spiro atoms. The van der Waals surface area contributed by atoms with Gasteiger partial charge in [0.05, 0.1) is 6.10 Å². The molecule has 0 aliphatic carbocycles. The third-order valence-corrected chi connectivity index (χ3v) is 6.61. The SMILES string of the molecule is CCCCCCCCCCc1ccc(-c2cnc(CCC(C)OC3CCCCO3)nc2)cc1. The first-order chi connectivity index (χ1) is 16.2. The highest BCUT2D eigenvalue weighted by Crippen LogP contribution is 2.20. The summed E-state index contributed by atoms with van der Waals surface area (Å²) in [6, 6.07) is 8.94. The number of rotatable bonds is 15. The van der Waals surface area contributed by atoms with Crippen LogP contribution in [0.4, 0.5) is 0 Å². The van der Waals surface area contributed by atoms with Crippen molar-refractivity contribution in [1.82, 2.24) is 9.97 Å². The van der Waals surface area contributed by atoms with Crippen LogP contribution in [0.25, 0.3) is 11.1 Å². The second kappa shape index (κ2) is 15.2. The van der Waals surface area contributed by atoms with Crippen LogP contribution >= 0.6 is 0 Å². The Morgan fingerprint density at radius 2 is 1.58 bits per heavy atom. The first-order valence-electron chi connectivity index (χ1n) is 13.4. The van der Waals surface area contributed by atoms with Gasteiger partial charge in [0, 0.05) is 31.0 Å². The predicted molar refractivity (Wildman–Crippen MR) is 136 cm³/mol. The maximum absolute atomic E-state index is 6.00. The molecule has 0 radical (unpaired) electrons. The second-order valence-electron chi connectivity index (χ2n) is 9.59. The maximum atomic E-state index is 6.00. The number of unbranched alkanes of at least 4 members (excludes halogenated alkanes) is 7. The van der Waals surface area contributed by atoms with E-state index in [1.165, 1.54) is 75.3 Å². The summed E-state index contributed by atoms with van der Waals surface area (Å²) in [5.74, 6) is 0.880. The molecule has 0 bridgehead atoms. The fourth-order valence-electron chi connectivity index (χ4n) is 4.44. The Morgan fingerprint density at radius 1 is 0.879 bits per heavy atom. The van der Waals surface area contributed by atoms with Gasteiger partial charge in [0.25, 0.3) is 0 Å². The van der Waals surface area contributed by atoms with Gasteiger partial charge in [-0.25, -0.2) is 9.97 Å². The first-order valence-corrected chi connectivity index (χ1v) is 13.4. The van der Waals surface area contributed by atoms with Gasteiger partial charge in [-0.05, 0) is 56.6 Å². The Kier molecular flexibility index (Phi) is 11.9. The van der Waals surface area contributed by atoms with Crippen molar-refractivity contribution >= 4 is 0 Å². The highest BCUT2D eigenvalue weighted by molar-refractivity contribution is 5.61.